The lowest BCUT2D eigenvalue weighted by molar-refractivity contribution is -0.122. The molecule has 4 heteroatoms. The number of halogens is 1. The highest BCUT2D eigenvalue weighted by atomic mass is 35.5. The minimum Gasteiger partial charge on any atom is -0.349 e. The summed E-state index contributed by atoms with van der Waals surface area (Å²) in [5.41, 5.74) is 6.37. The van der Waals surface area contributed by atoms with Gasteiger partial charge in [-0.3, -0.25) is 4.79 Å². The van der Waals surface area contributed by atoms with Crippen molar-refractivity contribution in [3.8, 4) is 0 Å². The predicted octanol–water partition coefficient (Wildman–Crippen LogP) is 2.13. The van der Waals surface area contributed by atoms with Crippen molar-refractivity contribution in [1.29, 1.82) is 0 Å². The monoisotopic (exact) mass is 266 g/mol. The van der Waals surface area contributed by atoms with Gasteiger partial charge in [-0.25, -0.2) is 0 Å². The average Bonchev–Trinajstić information content (AvgIpc) is 3.16. The number of nitrogens with one attached hydrogen (secondary N) is 1. The third-order valence-electron chi connectivity index (χ3n) is 3.64. The second-order valence-electron chi connectivity index (χ2n) is 5.21. The maximum absolute atomic E-state index is 12.0. The summed E-state index contributed by atoms with van der Waals surface area (Å²) < 4.78 is 0. The van der Waals surface area contributed by atoms with E-state index < -0.39 is 0 Å². The van der Waals surface area contributed by atoms with Crippen molar-refractivity contribution in [2.75, 3.05) is 6.54 Å². The molecule has 0 radical (unpaired) electrons. The van der Waals surface area contributed by atoms with Crippen LogP contribution in [-0.4, -0.2) is 18.0 Å². The number of hydrogen-bond acceptors (Lipinski definition) is 2. The fourth-order valence-electron chi connectivity index (χ4n) is 2.22. The molecule has 0 aromatic heterocycles. The van der Waals surface area contributed by atoms with Gasteiger partial charge in [-0.2, -0.15) is 0 Å². The first-order valence-electron chi connectivity index (χ1n) is 6.29. The van der Waals surface area contributed by atoms with E-state index in [2.05, 4.69) is 5.32 Å². The van der Waals surface area contributed by atoms with Crippen LogP contribution in [0.1, 0.15) is 25.3 Å². The molecule has 1 atom stereocenters. The Balaban J connectivity index is 1.98. The van der Waals surface area contributed by atoms with Crippen LogP contribution >= 0.6 is 11.6 Å². The highest BCUT2D eigenvalue weighted by Gasteiger charge is 2.41. The molecule has 0 bridgehead atoms. The number of carbonyl (C=O) groups excluding carboxylic acids is 1. The summed E-state index contributed by atoms with van der Waals surface area (Å²) in [6, 6.07) is 7.42. The molecule has 98 valence electrons. The fraction of sp³-hybridized carbons (Fsp3) is 0.500. The van der Waals surface area contributed by atoms with Crippen molar-refractivity contribution < 1.29 is 4.79 Å². The molecule has 0 heterocycles. The summed E-state index contributed by atoms with van der Waals surface area (Å²) in [7, 11) is 0. The summed E-state index contributed by atoms with van der Waals surface area (Å²) in [5.74, 6) is 0.514. The van der Waals surface area contributed by atoms with Gasteiger partial charge in [0, 0.05) is 11.6 Å². The molecular formula is C14H19ClN2O. The van der Waals surface area contributed by atoms with Crippen LogP contribution in [0, 0.1) is 5.92 Å². The number of rotatable bonds is 5. The third kappa shape index (κ3) is 3.03. The van der Waals surface area contributed by atoms with Gasteiger partial charge in [-0.15, -0.1) is 0 Å². The van der Waals surface area contributed by atoms with Crippen LogP contribution in [0.2, 0.25) is 5.02 Å². The van der Waals surface area contributed by atoms with Crippen molar-refractivity contribution in [2.45, 2.75) is 31.7 Å². The van der Waals surface area contributed by atoms with E-state index in [1.54, 1.807) is 6.07 Å². The maximum Gasteiger partial charge on any atom is 0.224 e. The quantitative estimate of drug-likeness (QED) is 0.858. The Labute approximate surface area is 113 Å². The van der Waals surface area contributed by atoms with Crippen LogP contribution in [0.5, 0.6) is 0 Å². The lowest BCUT2D eigenvalue weighted by Crippen LogP contribution is -2.53. The van der Waals surface area contributed by atoms with E-state index in [1.165, 1.54) is 0 Å². The molecule has 3 N–H and O–H groups in total. The molecule has 3 nitrogen and oxygen atoms in total. The Morgan fingerprint density at radius 1 is 1.50 bits per heavy atom. The Kier molecular flexibility index (Phi) is 3.93. The minimum atomic E-state index is -0.266. The van der Waals surface area contributed by atoms with Crippen LogP contribution in [0.4, 0.5) is 0 Å². The highest BCUT2D eigenvalue weighted by Crippen LogP contribution is 2.39. The molecule has 18 heavy (non-hydrogen) atoms. The van der Waals surface area contributed by atoms with E-state index in [0.717, 1.165) is 18.4 Å². The van der Waals surface area contributed by atoms with Crippen molar-refractivity contribution in [3.05, 3.63) is 34.9 Å². The standard InChI is InChI=1S/C14H19ClN2O/c1-14(9-16,11-6-7-11)17-13(18)8-10-4-2-3-5-12(10)15/h2-5,11H,6-9,16H2,1H3,(H,17,18). The second kappa shape index (κ2) is 5.29. The number of amides is 1. The number of hydrogen-bond donors (Lipinski definition) is 2. The normalized spacial score (nSPS) is 18.2. The van der Waals surface area contributed by atoms with Crippen molar-refractivity contribution in [2.24, 2.45) is 11.7 Å². The Bertz CT molecular complexity index is 445. The minimum absolute atomic E-state index is 0.0112. The van der Waals surface area contributed by atoms with Gasteiger partial charge in [0.1, 0.15) is 0 Å². The van der Waals surface area contributed by atoms with Crippen LogP contribution < -0.4 is 11.1 Å². The average molecular weight is 267 g/mol. The van der Waals surface area contributed by atoms with Gasteiger partial charge >= 0.3 is 0 Å². The van der Waals surface area contributed by atoms with Gasteiger partial charge < -0.3 is 11.1 Å². The molecule has 1 fully saturated rings. The summed E-state index contributed by atoms with van der Waals surface area (Å²) in [6.07, 6.45) is 2.61. The first-order valence-corrected chi connectivity index (χ1v) is 6.67. The molecule has 0 saturated heterocycles. The molecule has 2 rings (SSSR count). The summed E-state index contributed by atoms with van der Waals surface area (Å²) in [5, 5.41) is 3.69. The first-order chi connectivity index (χ1) is 8.55. The molecule has 1 aliphatic rings. The Hall–Kier alpha value is -1.06. The fourth-order valence-corrected chi connectivity index (χ4v) is 2.42. The van der Waals surface area contributed by atoms with Crippen molar-refractivity contribution in [1.82, 2.24) is 5.32 Å². The van der Waals surface area contributed by atoms with Gasteiger partial charge in [-0.05, 0) is 37.3 Å². The first kappa shape index (κ1) is 13.4. The lowest BCUT2D eigenvalue weighted by Gasteiger charge is -2.29. The van der Waals surface area contributed by atoms with Gasteiger partial charge in [-0.1, -0.05) is 29.8 Å². The molecule has 1 unspecified atom stereocenters. The molecule has 1 amide bonds. The summed E-state index contributed by atoms with van der Waals surface area (Å²) in [6.45, 7) is 2.50. The van der Waals surface area contributed by atoms with E-state index in [9.17, 15) is 4.79 Å². The molecule has 1 aromatic rings. The third-order valence-corrected chi connectivity index (χ3v) is 4.00. The van der Waals surface area contributed by atoms with E-state index >= 15 is 0 Å². The molecule has 1 aliphatic carbocycles. The maximum atomic E-state index is 12.0. The van der Waals surface area contributed by atoms with Crippen LogP contribution in [0.25, 0.3) is 0 Å². The number of nitrogens with two attached hydrogens (primary N) is 1. The van der Waals surface area contributed by atoms with Crippen LogP contribution in [-0.2, 0) is 11.2 Å². The van der Waals surface area contributed by atoms with Crippen LogP contribution in [0.3, 0.4) is 0 Å². The molecule has 1 aromatic carbocycles. The van der Waals surface area contributed by atoms with Crippen LogP contribution in [0.15, 0.2) is 24.3 Å². The molecular weight excluding hydrogens is 248 g/mol. The van der Waals surface area contributed by atoms with E-state index in [4.69, 9.17) is 17.3 Å². The zero-order valence-corrected chi connectivity index (χ0v) is 11.3. The summed E-state index contributed by atoms with van der Waals surface area (Å²) in [4.78, 5) is 12.0. The largest absolute Gasteiger partial charge is 0.349 e. The zero-order valence-electron chi connectivity index (χ0n) is 10.6. The van der Waals surface area contributed by atoms with Gasteiger partial charge in [0.25, 0.3) is 0 Å². The number of benzene rings is 1. The summed E-state index contributed by atoms with van der Waals surface area (Å²) >= 11 is 6.04. The van der Waals surface area contributed by atoms with E-state index in [0.29, 0.717) is 23.9 Å². The second-order valence-corrected chi connectivity index (χ2v) is 5.62. The topological polar surface area (TPSA) is 55.1 Å². The number of carbonyl (C=O) groups is 1. The smallest absolute Gasteiger partial charge is 0.224 e. The Morgan fingerprint density at radius 2 is 2.17 bits per heavy atom. The van der Waals surface area contributed by atoms with Gasteiger partial charge in [0.2, 0.25) is 5.91 Å². The Morgan fingerprint density at radius 3 is 2.72 bits per heavy atom. The lowest BCUT2D eigenvalue weighted by atomic mass is 9.95. The SMILES string of the molecule is CC(CN)(NC(=O)Cc1ccccc1Cl)C1CC1. The molecule has 0 aliphatic heterocycles. The predicted molar refractivity (Wildman–Crippen MR) is 73.5 cm³/mol. The highest BCUT2D eigenvalue weighted by molar-refractivity contribution is 6.31. The molecule has 1 saturated carbocycles. The van der Waals surface area contributed by atoms with E-state index in [-0.39, 0.29) is 11.4 Å². The zero-order chi connectivity index (χ0) is 13.2. The molecule has 0 spiro atoms. The van der Waals surface area contributed by atoms with Crippen molar-refractivity contribution >= 4 is 17.5 Å². The van der Waals surface area contributed by atoms with E-state index in [1.807, 2.05) is 25.1 Å². The van der Waals surface area contributed by atoms with Gasteiger partial charge in [0.05, 0.1) is 12.0 Å². The van der Waals surface area contributed by atoms with Crippen molar-refractivity contribution in [3.63, 3.8) is 0 Å². The van der Waals surface area contributed by atoms with Gasteiger partial charge in [0.15, 0.2) is 0 Å².